The third-order valence-electron chi connectivity index (χ3n) is 2.29. The van der Waals surface area contributed by atoms with E-state index in [1.54, 1.807) is 7.11 Å². The van der Waals surface area contributed by atoms with Gasteiger partial charge in [-0.05, 0) is 24.6 Å². The molecule has 0 atom stereocenters. The standard InChI is InChI=1S/C13H21NO3/c1-11-4-5-13(12(14)10-11)17-7-3-6-16-9-8-15-2/h4-5,10H,3,6-9,14H2,1-2H3. The maximum atomic E-state index is 5.83. The maximum Gasteiger partial charge on any atom is 0.142 e. The summed E-state index contributed by atoms with van der Waals surface area (Å²) in [5, 5.41) is 0. The van der Waals surface area contributed by atoms with Crippen LogP contribution >= 0.6 is 0 Å². The summed E-state index contributed by atoms with van der Waals surface area (Å²) in [4.78, 5) is 0. The normalized spacial score (nSPS) is 10.5. The molecule has 0 spiro atoms. The van der Waals surface area contributed by atoms with Crippen molar-refractivity contribution in [3.05, 3.63) is 23.8 Å². The molecule has 0 amide bonds. The van der Waals surface area contributed by atoms with Gasteiger partial charge in [-0.25, -0.2) is 0 Å². The fraction of sp³-hybridized carbons (Fsp3) is 0.538. The van der Waals surface area contributed by atoms with Crippen LogP contribution < -0.4 is 10.5 Å². The van der Waals surface area contributed by atoms with Crippen molar-refractivity contribution in [2.45, 2.75) is 13.3 Å². The monoisotopic (exact) mass is 239 g/mol. The first kappa shape index (κ1) is 13.8. The lowest BCUT2D eigenvalue weighted by molar-refractivity contribution is 0.0645. The summed E-state index contributed by atoms with van der Waals surface area (Å²) in [6.45, 7) is 4.55. The van der Waals surface area contributed by atoms with E-state index in [-0.39, 0.29) is 0 Å². The summed E-state index contributed by atoms with van der Waals surface area (Å²) in [6.07, 6.45) is 0.844. The molecule has 1 aromatic rings. The van der Waals surface area contributed by atoms with Gasteiger partial charge < -0.3 is 19.9 Å². The lowest BCUT2D eigenvalue weighted by Crippen LogP contribution is -2.07. The Balaban J connectivity index is 2.14. The number of ether oxygens (including phenoxy) is 3. The molecule has 0 aliphatic heterocycles. The van der Waals surface area contributed by atoms with Crippen molar-refractivity contribution in [2.75, 3.05) is 39.3 Å². The van der Waals surface area contributed by atoms with Crippen molar-refractivity contribution >= 4 is 5.69 Å². The van der Waals surface area contributed by atoms with Crippen molar-refractivity contribution in [3.63, 3.8) is 0 Å². The molecular weight excluding hydrogens is 218 g/mol. The Hall–Kier alpha value is -1.26. The van der Waals surface area contributed by atoms with E-state index in [9.17, 15) is 0 Å². The molecule has 0 heterocycles. The summed E-state index contributed by atoms with van der Waals surface area (Å²) in [6, 6.07) is 5.79. The molecule has 0 aliphatic rings. The van der Waals surface area contributed by atoms with Crippen LogP contribution in [0.5, 0.6) is 5.75 Å². The molecule has 0 aliphatic carbocycles. The van der Waals surface area contributed by atoms with Gasteiger partial charge in [0.15, 0.2) is 0 Å². The fourth-order valence-electron chi connectivity index (χ4n) is 1.39. The molecule has 96 valence electrons. The predicted molar refractivity (Wildman–Crippen MR) is 68.4 cm³/mol. The van der Waals surface area contributed by atoms with Gasteiger partial charge in [0.25, 0.3) is 0 Å². The molecule has 1 aromatic carbocycles. The average molecular weight is 239 g/mol. The highest BCUT2D eigenvalue weighted by Gasteiger charge is 1.99. The van der Waals surface area contributed by atoms with Crippen LogP contribution in [-0.2, 0) is 9.47 Å². The molecule has 0 unspecified atom stereocenters. The minimum absolute atomic E-state index is 0.611. The first-order chi connectivity index (χ1) is 8.24. The average Bonchev–Trinajstić information content (AvgIpc) is 2.30. The van der Waals surface area contributed by atoms with Crippen molar-refractivity contribution in [1.29, 1.82) is 0 Å². The zero-order valence-corrected chi connectivity index (χ0v) is 10.6. The Morgan fingerprint density at radius 2 is 1.94 bits per heavy atom. The second-order valence-corrected chi connectivity index (χ2v) is 3.85. The van der Waals surface area contributed by atoms with Crippen molar-refractivity contribution < 1.29 is 14.2 Å². The van der Waals surface area contributed by atoms with Crippen LogP contribution in [0.1, 0.15) is 12.0 Å². The summed E-state index contributed by atoms with van der Waals surface area (Å²) in [5.41, 5.74) is 7.65. The van der Waals surface area contributed by atoms with Crippen molar-refractivity contribution in [3.8, 4) is 5.75 Å². The Kier molecular flexibility index (Phi) is 6.43. The van der Waals surface area contributed by atoms with E-state index in [0.29, 0.717) is 32.1 Å². The number of hydrogen-bond acceptors (Lipinski definition) is 4. The van der Waals surface area contributed by atoms with E-state index < -0.39 is 0 Å². The molecule has 2 N–H and O–H groups in total. The van der Waals surface area contributed by atoms with Gasteiger partial charge in [0.05, 0.1) is 25.5 Å². The highest BCUT2D eigenvalue weighted by atomic mass is 16.5. The van der Waals surface area contributed by atoms with Gasteiger partial charge >= 0.3 is 0 Å². The van der Waals surface area contributed by atoms with Crippen LogP contribution in [0.4, 0.5) is 5.69 Å². The van der Waals surface area contributed by atoms with E-state index in [2.05, 4.69) is 0 Å². The highest BCUT2D eigenvalue weighted by molar-refractivity contribution is 5.53. The van der Waals surface area contributed by atoms with Crippen molar-refractivity contribution in [1.82, 2.24) is 0 Å². The molecule has 0 bridgehead atoms. The van der Waals surface area contributed by atoms with Crippen LogP contribution in [0, 0.1) is 6.92 Å². The van der Waals surface area contributed by atoms with Crippen LogP contribution in [0.15, 0.2) is 18.2 Å². The lowest BCUT2D eigenvalue weighted by Gasteiger charge is -2.09. The summed E-state index contributed by atoms with van der Waals surface area (Å²) >= 11 is 0. The maximum absolute atomic E-state index is 5.83. The van der Waals surface area contributed by atoms with Gasteiger partial charge in [-0.2, -0.15) is 0 Å². The Bertz CT molecular complexity index is 328. The van der Waals surface area contributed by atoms with E-state index >= 15 is 0 Å². The minimum Gasteiger partial charge on any atom is -0.491 e. The summed E-state index contributed by atoms with van der Waals surface area (Å²) < 4.78 is 15.8. The Labute approximate surface area is 103 Å². The molecule has 4 nitrogen and oxygen atoms in total. The van der Waals surface area contributed by atoms with Gasteiger partial charge in [-0.15, -0.1) is 0 Å². The summed E-state index contributed by atoms with van der Waals surface area (Å²) in [5.74, 6) is 0.743. The second kappa shape index (κ2) is 7.92. The quantitative estimate of drug-likeness (QED) is 0.557. The van der Waals surface area contributed by atoms with Crippen LogP contribution in [0.25, 0.3) is 0 Å². The first-order valence-electron chi connectivity index (χ1n) is 5.79. The second-order valence-electron chi connectivity index (χ2n) is 3.85. The van der Waals surface area contributed by atoms with E-state index in [4.69, 9.17) is 19.9 Å². The fourth-order valence-corrected chi connectivity index (χ4v) is 1.39. The molecule has 0 radical (unpaired) electrons. The largest absolute Gasteiger partial charge is 0.491 e. The third-order valence-corrected chi connectivity index (χ3v) is 2.29. The molecule has 0 aromatic heterocycles. The van der Waals surface area contributed by atoms with E-state index in [0.717, 1.165) is 17.7 Å². The van der Waals surface area contributed by atoms with Gasteiger partial charge in [-0.3, -0.25) is 0 Å². The predicted octanol–water partition coefficient (Wildman–Crippen LogP) is 2.01. The number of nitrogen functional groups attached to an aromatic ring is 1. The lowest BCUT2D eigenvalue weighted by atomic mass is 10.2. The zero-order chi connectivity index (χ0) is 12.5. The molecule has 0 saturated heterocycles. The minimum atomic E-state index is 0.611. The topological polar surface area (TPSA) is 53.7 Å². The first-order valence-corrected chi connectivity index (χ1v) is 5.79. The number of benzene rings is 1. The van der Waals surface area contributed by atoms with Gasteiger partial charge in [0, 0.05) is 20.1 Å². The van der Waals surface area contributed by atoms with Crippen LogP contribution in [0.3, 0.4) is 0 Å². The molecule has 0 fully saturated rings. The smallest absolute Gasteiger partial charge is 0.142 e. The SMILES string of the molecule is COCCOCCCOc1ccc(C)cc1N. The highest BCUT2D eigenvalue weighted by Crippen LogP contribution is 2.21. The summed E-state index contributed by atoms with van der Waals surface area (Å²) in [7, 11) is 1.66. The van der Waals surface area contributed by atoms with Gasteiger partial charge in [-0.1, -0.05) is 6.07 Å². The van der Waals surface area contributed by atoms with Crippen LogP contribution in [0.2, 0.25) is 0 Å². The molecule has 0 saturated carbocycles. The van der Waals surface area contributed by atoms with E-state index in [1.165, 1.54) is 0 Å². The number of nitrogens with two attached hydrogens (primary N) is 1. The van der Waals surface area contributed by atoms with Crippen molar-refractivity contribution in [2.24, 2.45) is 0 Å². The Morgan fingerprint density at radius 1 is 1.12 bits per heavy atom. The number of hydrogen-bond donors (Lipinski definition) is 1. The third kappa shape index (κ3) is 5.56. The number of aryl methyl sites for hydroxylation is 1. The van der Waals surface area contributed by atoms with Gasteiger partial charge in [0.2, 0.25) is 0 Å². The van der Waals surface area contributed by atoms with E-state index in [1.807, 2.05) is 25.1 Å². The Morgan fingerprint density at radius 3 is 2.65 bits per heavy atom. The molecule has 4 heteroatoms. The molecule has 17 heavy (non-hydrogen) atoms. The number of rotatable bonds is 8. The number of methoxy groups -OCH3 is 1. The van der Waals surface area contributed by atoms with Crippen LogP contribution in [-0.4, -0.2) is 33.5 Å². The molecule has 1 rings (SSSR count). The molecular formula is C13H21NO3. The zero-order valence-electron chi connectivity index (χ0n) is 10.6. The van der Waals surface area contributed by atoms with Gasteiger partial charge in [0.1, 0.15) is 5.75 Å². The number of anilines is 1.